The summed E-state index contributed by atoms with van der Waals surface area (Å²) < 4.78 is 126. The number of piperidine rings is 2. The molecule has 8 rings (SSSR count). The second kappa shape index (κ2) is 16.5. The van der Waals surface area contributed by atoms with Crippen LogP contribution in [0.1, 0.15) is 48.3 Å². The van der Waals surface area contributed by atoms with Crippen molar-refractivity contribution in [2.45, 2.75) is 74.2 Å². The van der Waals surface area contributed by atoms with Crippen LogP contribution in [0.2, 0.25) is 0 Å². The number of carbonyl (C=O) groups excluding carboxylic acids is 2. The van der Waals surface area contributed by atoms with Gasteiger partial charge in [0.05, 0.1) is 28.3 Å². The molecule has 2 atom stereocenters. The Balaban J connectivity index is 0.878. The summed E-state index contributed by atoms with van der Waals surface area (Å²) in [4.78, 5) is 35.4. The molecule has 0 saturated carbocycles. The molecule has 3 saturated heterocycles. The van der Waals surface area contributed by atoms with Crippen molar-refractivity contribution in [1.29, 1.82) is 0 Å². The molecule has 0 aliphatic carbocycles. The molecule has 3 aliphatic rings. The molecule has 0 spiro atoms. The van der Waals surface area contributed by atoms with Gasteiger partial charge in [-0.2, -0.15) is 40.8 Å². The fourth-order valence-corrected chi connectivity index (χ4v) is 9.70. The van der Waals surface area contributed by atoms with E-state index in [1.54, 1.807) is 16.8 Å². The fourth-order valence-electron chi connectivity index (χ4n) is 8.17. The number of urea groups is 1. The smallest absolute Gasteiger partial charge is 0.348 e. The van der Waals surface area contributed by atoms with Crippen molar-refractivity contribution < 1.29 is 48.7 Å². The second-order valence-corrected chi connectivity index (χ2v) is 17.5. The van der Waals surface area contributed by atoms with Crippen LogP contribution < -0.4 is 15.5 Å². The molecule has 62 heavy (non-hydrogen) atoms. The molecule has 2 N–H and O–H groups in total. The number of halogens is 7. The molecule has 6 heterocycles. The lowest BCUT2D eigenvalue weighted by molar-refractivity contribution is -0.142. The highest BCUT2D eigenvalue weighted by Gasteiger charge is 2.39. The topological polar surface area (TPSA) is 163 Å². The molecule has 0 bridgehead atoms. The Morgan fingerprint density at radius 3 is 2.44 bits per heavy atom. The SMILES string of the molecule is Cn1nc(N2CCC(=O)NC2=O)c2ccc(C3CCN(Cc4cccc(S(=O)(=O)N5CC[C@H](Nc6ncc(C(F)(F)F)c(-c7cnn(CC(F)(F)F)c7)n6)[C@H](F)C5)c4)CC3)cc21. The molecule has 0 radical (unpaired) electrons. The third kappa shape index (κ3) is 9.09. The third-order valence-corrected chi connectivity index (χ3v) is 13.2. The van der Waals surface area contributed by atoms with Crippen molar-refractivity contribution in [1.82, 2.24) is 44.1 Å². The number of hydrogen-bond donors (Lipinski definition) is 2. The number of alkyl halides is 7. The zero-order valence-electron chi connectivity index (χ0n) is 33.0. The number of fused-ring (bicyclic) bond motifs is 1. The lowest BCUT2D eigenvalue weighted by atomic mass is 9.89. The van der Waals surface area contributed by atoms with E-state index in [1.165, 1.54) is 11.0 Å². The number of likely N-dealkylation sites (tertiary alicyclic amines) is 1. The Kier molecular flexibility index (Phi) is 11.5. The van der Waals surface area contributed by atoms with E-state index in [2.05, 4.69) is 41.8 Å². The first kappa shape index (κ1) is 43.0. The third-order valence-electron chi connectivity index (χ3n) is 11.3. The van der Waals surface area contributed by atoms with Gasteiger partial charge in [-0.05, 0) is 73.7 Å². The van der Waals surface area contributed by atoms with Gasteiger partial charge in [0.2, 0.25) is 21.9 Å². The van der Waals surface area contributed by atoms with Crippen molar-refractivity contribution in [2.24, 2.45) is 7.05 Å². The van der Waals surface area contributed by atoms with Gasteiger partial charge in [-0.1, -0.05) is 18.2 Å². The Hall–Kier alpha value is -5.68. The second-order valence-electron chi connectivity index (χ2n) is 15.6. The van der Waals surface area contributed by atoms with Gasteiger partial charge in [0.25, 0.3) is 0 Å². The van der Waals surface area contributed by atoms with Crippen LogP contribution >= 0.6 is 0 Å². The number of imide groups is 1. The van der Waals surface area contributed by atoms with Crippen LogP contribution in [-0.2, 0) is 41.1 Å². The molecule has 3 amide bonds. The molecule has 0 unspecified atom stereocenters. The number of nitrogens with zero attached hydrogens (tertiary/aromatic N) is 9. The minimum Gasteiger partial charge on any atom is -0.348 e. The number of rotatable bonds is 10. The maximum absolute atomic E-state index is 15.7. The van der Waals surface area contributed by atoms with Crippen LogP contribution in [0.15, 0.2) is 66.0 Å². The Bertz CT molecular complexity index is 2610. The number of hydrogen-bond acceptors (Lipinski definition) is 10. The first-order valence-electron chi connectivity index (χ1n) is 19.7. The van der Waals surface area contributed by atoms with Crippen molar-refractivity contribution in [3.63, 3.8) is 0 Å². The molecule has 23 heteroatoms. The summed E-state index contributed by atoms with van der Waals surface area (Å²) in [6, 6.07) is 10.9. The number of aromatic nitrogens is 6. The summed E-state index contributed by atoms with van der Waals surface area (Å²) in [5.41, 5.74) is 0.301. The number of carbonyl (C=O) groups is 2. The lowest BCUT2D eigenvalue weighted by Crippen LogP contribution is -2.50. The van der Waals surface area contributed by atoms with Crippen molar-refractivity contribution in [3.05, 3.63) is 77.7 Å². The van der Waals surface area contributed by atoms with E-state index in [-0.39, 0.29) is 48.2 Å². The summed E-state index contributed by atoms with van der Waals surface area (Å²) in [6.45, 7) is -0.00822. The lowest BCUT2D eigenvalue weighted by Gasteiger charge is -2.34. The van der Waals surface area contributed by atoms with Gasteiger partial charge in [0.1, 0.15) is 18.3 Å². The fraction of sp³-hybridized carbons (Fsp3) is 0.436. The van der Waals surface area contributed by atoms with Gasteiger partial charge in [-0.15, -0.1) is 0 Å². The minimum absolute atomic E-state index is 0.0113. The number of aryl methyl sites for hydroxylation is 1. The number of benzene rings is 2. The van der Waals surface area contributed by atoms with E-state index in [1.807, 2.05) is 25.2 Å². The summed E-state index contributed by atoms with van der Waals surface area (Å²) in [6.07, 6.45) is -7.67. The van der Waals surface area contributed by atoms with Gasteiger partial charge >= 0.3 is 18.4 Å². The van der Waals surface area contributed by atoms with Crippen LogP contribution in [0, 0.1) is 0 Å². The largest absolute Gasteiger partial charge is 0.419 e. The van der Waals surface area contributed by atoms with Gasteiger partial charge in [-0.25, -0.2) is 27.6 Å². The number of nitrogens with one attached hydrogen (secondary N) is 2. The molecule has 3 fully saturated rings. The predicted molar refractivity (Wildman–Crippen MR) is 210 cm³/mol. The van der Waals surface area contributed by atoms with Gasteiger partial charge < -0.3 is 5.32 Å². The van der Waals surface area contributed by atoms with E-state index < -0.39 is 70.9 Å². The van der Waals surface area contributed by atoms with E-state index >= 15 is 4.39 Å². The first-order chi connectivity index (χ1) is 29.3. The van der Waals surface area contributed by atoms with E-state index in [0.29, 0.717) is 23.2 Å². The van der Waals surface area contributed by atoms with Crippen molar-refractivity contribution in [3.8, 4) is 11.3 Å². The maximum atomic E-state index is 15.7. The highest BCUT2D eigenvalue weighted by atomic mass is 32.2. The van der Waals surface area contributed by atoms with E-state index in [4.69, 9.17) is 0 Å². The zero-order chi connectivity index (χ0) is 44.1. The monoisotopic (exact) mass is 891 g/mol. The molecular weight excluding hydrogens is 852 g/mol. The zero-order valence-corrected chi connectivity index (χ0v) is 33.8. The van der Waals surface area contributed by atoms with Crippen LogP contribution in [-0.4, -0.2) is 110 Å². The standard InChI is InChI=1S/C39H40F7N11O4S/c1-53-32-16-25(5-6-28(32)35(52-53)57-14-10-33(58)50-37(57)59)24-7-11-54(12-8-24)19-23-3-2-4-27(15-23)62(60,61)56-13-9-31(30(40)21-56)49-36-47-18-29(39(44,45)46)34(51-36)26-17-48-55(20-26)22-38(41,42)43/h2-6,15-18,20,24,30-31H,7-14,19,21-22H2,1H3,(H,47,49,51)(H,50,58,59)/t30-,31+/m1/s1. The molecule has 2 aromatic carbocycles. The van der Waals surface area contributed by atoms with Crippen LogP contribution in [0.25, 0.3) is 22.2 Å². The quantitative estimate of drug-likeness (QED) is 0.163. The molecular formula is C39H40F7N11O4S. The number of sulfonamides is 1. The molecule has 3 aliphatic heterocycles. The first-order valence-corrected chi connectivity index (χ1v) is 21.1. The van der Waals surface area contributed by atoms with Gasteiger partial charge in [0.15, 0.2) is 5.82 Å². The summed E-state index contributed by atoms with van der Waals surface area (Å²) in [5, 5.41) is 13.8. The average molecular weight is 892 g/mol. The van der Waals surface area contributed by atoms with Crippen LogP contribution in [0.4, 0.5) is 47.3 Å². The van der Waals surface area contributed by atoms with Crippen LogP contribution in [0.3, 0.4) is 0 Å². The van der Waals surface area contributed by atoms with Crippen molar-refractivity contribution in [2.75, 3.05) is 42.9 Å². The Labute approximate surface area is 349 Å². The average Bonchev–Trinajstić information content (AvgIpc) is 3.81. The number of amides is 3. The molecule has 5 aromatic rings. The summed E-state index contributed by atoms with van der Waals surface area (Å²) in [5.74, 6) is 0.00380. The van der Waals surface area contributed by atoms with Crippen LogP contribution in [0.5, 0.6) is 0 Å². The normalized spacial score (nSPS) is 20.2. The molecule has 15 nitrogen and oxygen atoms in total. The van der Waals surface area contributed by atoms with E-state index in [9.17, 15) is 44.3 Å². The Morgan fingerprint density at radius 2 is 1.73 bits per heavy atom. The highest BCUT2D eigenvalue weighted by molar-refractivity contribution is 7.89. The van der Waals surface area contributed by atoms with Gasteiger partial charge in [0, 0.05) is 63.0 Å². The summed E-state index contributed by atoms with van der Waals surface area (Å²) in [7, 11) is -2.34. The molecule has 3 aromatic heterocycles. The minimum atomic E-state index is -4.97. The number of anilines is 2. The van der Waals surface area contributed by atoms with E-state index in [0.717, 1.165) is 64.7 Å². The van der Waals surface area contributed by atoms with Gasteiger partial charge in [-0.3, -0.25) is 29.3 Å². The van der Waals surface area contributed by atoms with Crippen molar-refractivity contribution >= 4 is 44.6 Å². The maximum Gasteiger partial charge on any atom is 0.419 e. The summed E-state index contributed by atoms with van der Waals surface area (Å²) >= 11 is 0. The highest BCUT2D eigenvalue weighted by Crippen LogP contribution is 2.37. The predicted octanol–water partition coefficient (Wildman–Crippen LogP) is 5.85. The Morgan fingerprint density at radius 1 is 0.952 bits per heavy atom. The molecule has 330 valence electrons.